The number of hydrogen-bond acceptors (Lipinski definition) is 3. The second-order valence-corrected chi connectivity index (χ2v) is 5.17. The normalized spacial score (nSPS) is 11.0. The maximum Gasteiger partial charge on any atom is 0.165 e. The van der Waals surface area contributed by atoms with Crippen molar-refractivity contribution in [3.63, 3.8) is 0 Å². The Bertz CT molecular complexity index is 805. The van der Waals surface area contributed by atoms with Crippen LogP contribution in [0, 0.1) is 13.8 Å². The van der Waals surface area contributed by atoms with Gasteiger partial charge in [0.2, 0.25) is 0 Å². The largest absolute Gasteiger partial charge is 0.497 e. The fraction of sp³-hybridized carbons (Fsp3) is 0.294. The van der Waals surface area contributed by atoms with E-state index < -0.39 is 0 Å². The highest BCUT2D eigenvalue weighted by Crippen LogP contribution is 2.25. The Morgan fingerprint density at radius 3 is 2.67 bits per heavy atom. The second-order valence-electron chi connectivity index (χ2n) is 5.17. The third-order valence-corrected chi connectivity index (χ3v) is 3.63. The molecule has 108 valence electrons. The summed E-state index contributed by atoms with van der Waals surface area (Å²) in [7, 11) is 1.68. The van der Waals surface area contributed by atoms with Crippen LogP contribution in [0.5, 0.6) is 5.75 Å². The van der Waals surface area contributed by atoms with Crippen molar-refractivity contribution < 1.29 is 4.74 Å². The monoisotopic (exact) mass is 281 g/mol. The van der Waals surface area contributed by atoms with Crippen LogP contribution < -0.4 is 4.74 Å². The molecule has 0 saturated carbocycles. The first-order chi connectivity index (χ1) is 10.1. The minimum Gasteiger partial charge on any atom is -0.497 e. The maximum absolute atomic E-state index is 5.33. The number of benzene rings is 1. The van der Waals surface area contributed by atoms with Gasteiger partial charge < -0.3 is 4.74 Å². The number of nitrogens with zero attached hydrogens (tertiary/aromatic N) is 3. The molecule has 0 fully saturated rings. The van der Waals surface area contributed by atoms with Gasteiger partial charge in [-0.05, 0) is 37.6 Å². The van der Waals surface area contributed by atoms with Gasteiger partial charge in [0.25, 0.3) is 0 Å². The Morgan fingerprint density at radius 2 is 1.95 bits per heavy atom. The highest BCUT2D eigenvalue weighted by Gasteiger charge is 2.15. The number of rotatable bonds is 3. The van der Waals surface area contributed by atoms with Crippen LogP contribution in [0.25, 0.3) is 16.9 Å². The van der Waals surface area contributed by atoms with E-state index in [2.05, 4.69) is 30.5 Å². The SMILES string of the molecule is CCc1nc2c(C)cc(C)nc2n1-c1cccc(OC)c1. The standard InChI is InChI=1S/C17H19N3O/c1-5-15-19-16-11(2)9-12(3)18-17(16)20(15)13-7-6-8-14(10-13)21-4/h6-10H,5H2,1-4H3. The molecule has 0 atom stereocenters. The first-order valence-corrected chi connectivity index (χ1v) is 7.14. The Labute approximate surface area is 124 Å². The summed E-state index contributed by atoms with van der Waals surface area (Å²) in [4.78, 5) is 9.46. The van der Waals surface area contributed by atoms with Crippen molar-refractivity contribution in [2.75, 3.05) is 7.11 Å². The van der Waals surface area contributed by atoms with Crippen LogP contribution in [0.2, 0.25) is 0 Å². The molecule has 0 amide bonds. The number of hydrogen-bond donors (Lipinski definition) is 0. The van der Waals surface area contributed by atoms with Gasteiger partial charge in [-0.15, -0.1) is 0 Å². The molecule has 0 spiro atoms. The van der Waals surface area contributed by atoms with E-state index in [4.69, 9.17) is 14.7 Å². The molecular formula is C17H19N3O. The molecule has 0 saturated heterocycles. The molecule has 0 N–H and O–H groups in total. The van der Waals surface area contributed by atoms with Crippen molar-refractivity contribution in [3.8, 4) is 11.4 Å². The van der Waals surface area contributed by atoms with E-state index in [0.717, 1.165) is 46.1 Å². The molecule has 0 unspecified atom stereocenters. The van der Waals surface area contributed by atoms with Crippen LogP contribution in [-0.4, -0.2) is 21.6 Å². The molecule has 4 heteroatoms. The lowest BCUT2D eigenvalue weighted by molar-refractivity contribution is 0.414. The minimum absolute atomic E-state index is 0.834. The lowest BCUT2D eigenvalue weighted by Crippen LogP contribution is -2.01. The van der Waals surface area contributed by atoms with Crippen LogP contribution in [0.4, 0.5) is 0 Å². The fourth-order valence-corrected chi connectivity index (χ4v) is 2.66. The smallest absolute Gasteiger partial charge is 0.165 e. The first-order valence-electron chi connectivity index (χ1n) is 7.14. The number of ether oxygens (including phenoxy) is 1. The number of imidazole rings is 1. The number of fused-ring (bicyclic) bond motifs is 1. The molecule has 0 aliphatic carbocycles. The number of aryl methyl sites for hydroxylation is 3. The number of aromatic nitrogens is 3. The van der Waals surface area contributed by atoms with Crippen LogP contribution in [0.15, 0.2) is 30.3 Å². The highest BCUT2D eigenvalue weighted by atomic mass is 16.5. The summed E-state index contributed by atoms with van der Waals surface area (Å²) in [6.07, 6.45) is 0.853. The molecule has 0 aliphatic rings. The molecule has 3 aromatic rings. The van der Waals surface area contributed by atoms with Gasteiger partial charge in [0.05, 0.1) is 12.8 Å². The Balaban J connectivity index is 2.34. The summed E-state index contributed by atoms with van der Waals surface area (Å²) in [5.41, 5.74) is 5.09. The number of methoxy groups -OCH3 is 1. The molecule has 3 rings (SSSR count). The summed E-state index contributed by atoms with van der Waals surface area (Å²) in [5.74, 6) is 1.85. The van der Waals surface area contributed by atoms with E-state index in [9.17, 15) is 0 Å². The fourth-order valence-electron chi connectivity index (χ4n) is 2.66. The molecule has 21 heavy (non-hydrogen) atoms. The summed E-state index contributed by atoms with van der Waals surface area (Å²) >= 11 is 0. The third kappa shape index (κ3) is 2.27. The highest BCUT2D eigenvalue weighted by molar-refractivity contribution is 5.78. The Hall–Kier alpha value is -2.36. The van der Waals surface area contributed by atoms with Crippen LogP contribution in [0.3, 0.4) is 0 Å². The molecule has 2 aromatic heterocycles. The second kappa shape index (κ2) is 5.20. The minimum atomic E-state index is 0.834. The van der Waals surface area contributed by atoms with E-state index >= 15 is 0 Å². The molecular weight excluding hydrogens is 262 g/mol. The summed E-state index contributed by atoms with van der Waals surface area (Å²) in [6.45, 7) is 6.21. The topological polar surface area (TPSA) is 39.9 Å². The maximum atomic E-state index is 5.33. The van der Waals surface area contributed by atoms with E-state index in [-0.39, 0.29) is 0 Å². The molecule has 0 aliphatic heterocycles. The van der Waals surface area contributed by atoms with E-state index in [1.165, 1.54) is 0 Å². The molecule has 0 bridgehead atoms. The van der Waals surface area contributed by atoms with E-state index in [0.29, 0.717) is 0 Å². The summed E-state index contributed by atoms with van der Waals surface area (Å²) < 4.78 is 7.45. The van der Waals surface area contributed by atoms with Crippen molar-refractivity contribution in [2.24, 2.45) is 0 Å². The van der Waals surface area contributed by atoms with Gasteiger partial charge in [0.15, 0.2) is 5.65 Å². The van der Waals surface area contributed by atoms with Crippen molar-refractivity contribution in [2.45, 2.75) is 27.2 Å². The van der Waals surface area contributed by atoms with Gasteiger partial charge in [-0.1, -0.05) is 13.0 Å². The lowest BCUT2D eigenvalue weighted by atomic mass is 10.2. The first kappa shape index (κ1) is 13.6. The van der Waals surface area contributed by atoms with Gasteiger partial charge in [0, 0.05) is 18.2 Å². The van der Waals surface area contributed by atoms with Crippen molar-refractivity contribution in [3.05, 3.63) is 47.4 Å². The zero-order valence-corrected chi connectivity index (χ0v) is 12.8. The molecule has 0 radical (unpaired) electrons. The van der Waals surface area contributed by atoms with Gasteiger partial charge in [-0.25, -0.2) is 9.97 Å². The van der Waals surface area contributed by atoms with Crippen LogP contribution >= 0.6 is 0 Å². The quantitative estimate of drug-likeness (QED) is 0.736. The Morgan fingerprint density at radius 1 is 1.14 bits per heavy atom. The average molecular weight is 281 g/mol. The zero-order valence-electron chi connectivity index (χ0n) is 12.8. The van der Waals surface area contributed by atoms with Crippen molar-refractivity contribution in [1.29, 1.82) is 0 Å². The van der Waals surface area contributed by atoms with Crippen LogP contribution in [-0.2, 0) is 6.42 Å². The van der Waals surface area contributed by atoms with Gasteiger partial charge in [-0.2, -0.15) is 0 Å². The lowest BCUT2D eigenvalue weighted by Gasteiger charge is -2.09. The number of pyridine rings is 1. The van der Waals surface area contributed by atoms with Gasteiger partial charge >= 0.3 is 0 Å². The summed E-state index contributed by atoms with van der Waals surface area (Å²) in [5, 5.41) is 0. The Kier molecular flexibility index (Phi) is 3.37. The predicted molar refractivity (Wildman–Crippen MR) is 84.3 cm³/mol. The average Bonchev–Trinajstić information content (AvgIpc) is 2.86. The summed E-state index contributed by atoms with van der Waals surface area (Å²) in [6, 6.07) is 10.1. The van der Waals surface area contributed by atoms with Crippen molar-refractivity contribution in [1.82, 2.24) is 14.5 Å². The van der Waals surface area contributed by atoms with Gasteiger partial charge in [0.1, 0.15) is 17.1 Å². The van der Waals surface area contributed by atoms with Gasteiger partial charge in [-0.3, -0.25) is 4.57 Å². The van der Waals surface area contributed by atoms with Crippen molar-refractivity contribution >= 4 is 11.2 Å². The van der Waals surface area contributed by atoms with E-state index in [1.54, 1.807) is 7.11 Å². The third-order valence-electron chi connectivity index (χ3n) is 3.63. The van der Waals surface area contributed by atoms with Crippen LogP contribution in [0.1, 0.15) is 24.0 Å². The molecule has 4 nitrogen and oxygen atoms in total. The zero-order chi connectivity index (χ0) is 15.0. The molecule has 2 heterocycles. The van der Waals surface area contributed by atoms with E-state index in [1.807, 2.05) is 25.1 Å². The molecule has 1 aromatic carbocycles. The predicted octanol–water partition coefficient (Wildman–Crippen LogP) is 3.61.